The van der Waals surface area contributed by atoms with E-state index in [0.717, 1.165) is 18.5 Å². The van der Waals surface area contributed by atoms with Crippen molar-refractivity contribution in [3.8, 4) is 5.75 Å². The van der Waals surface area contributed by atoms with Crippen LogP contribution in [0.1, 0.15) is 19.4 Å². The highest BCUT2D eigenvalue weighted by Crippen LogP contribution is 2.15. The van der Waals surface area contributed by atoms with Gasteiger partial charge in [0.1, 0.15) is 5.75 Å². The van der Waals surface area contributed by atoms with Crippen LogP contribution in [0.5, 0.6) is 5.75 Å². The lowest BCUT2D eigenvalue weighted by atomic mass is 9.96. The van der Waals surface area contributed by atoms with Crippen molar-refractivity contribution in [2.75, 3.05) is 13.1 Å². The Hall–Kier alpha value is -1.06. The first-order valence-corrected chi connectivity index (χ1v) is 5.85. The van der Waals surface area contributed by atoms with Gasteiger partial charge < -0.3 is 16.2 Å². The van der Waals surface area contributed by atoms with E-state index in [1.165, 1.54) is 0 Å². The number of phenols is 1. The van der Waals surface area contributed by atoms with Gasteiger partial charge >= 0.3 is 0 Å². The molecule has 0 fully saturated rings. The summed E-state index contributed by atoms with van der Waals surface area (Å²) in [6.45, 7) is 5.87. The molecule has 1 rings (SSSR count). The number of nitrogens with two attached hydrogens (primary N) is 1. The number of aromatic hydroxyl groups is 1. The predicted molar refractivity (Wildman–Crippen MR) is 67.5 cm³/mol. The van der Waals surface area contributed by atoms with Gasteiger partial charge in [0, 0.05) is 19.1 Å². The van der Waals surface area contributed by atoms with Crippen LogP contribution in [0.15, 0.2) is 24.3 Å². The molecule has 0 bridgehead atoms. The van der Waals surface area contributed by atoms with Crippen LogP contribution >= 0.6 is 0 Å². The van der Waals surface area contributed by atoms with Crippen molar-refractivity contribution in [2.24, 2.45) is 11.7 Å². The fourth-order valence-corrected chi connectivity index (χ4v) is 1.75. The van der Waals surface area contributed by atoms with Crippen molar-refractivity contribution in [1.29, 1.82) is 0 Å². The molecule has 0 saturated carbocycles. The standard InChI is InChI=1S/C13H22N2O/c1-10(2)13(15-7-6-14)9-11-4-3-5-12(16)8-11/h3-5,8,10,13,15-16H,6-7,9,14H2,1-2H3. The topological polar surface area (TPSA) is 58.3 Å². The summed E-state index contributed by atoms with van der Waals surface area (Å²) in [6, 6.07) is 7.84. The van der Waals surface area contributed by atoms with Gasteiger partial charge in [-0.3, -0.25) is 0 Å². The van der Waals surface area contributed by atoms with E-state index >= 15 is 0 Å². The first-order chi connectivity index (χ1) is 7.63. The highest BCUT2D eigenvalue weighted by molar-refractivity contribution is 5.27. The molecule has 1 atom stereocenters. The molecule has 0 amide bonds. The number of hydrogen-bond donors (Lipinski definition) is 3. The average Bonchev–Trinajstić information content (AvgIpc) is 2.24. The highest BCUT2D eigenvalue weighted by Gasteiger charge is 2.12. The number of hydrogen-bond acceptors (Lipinski definition) is 3. The van der Waals surface area contributed by atoms with Crippen LogP contribution in [0.25, 0.3) is 0 Å². The minimum atomic E-state index is 0.332. The zero-order chi connectivity index (χ0) is 12.0. The summed E-state index contributed by atoms with van der Waals surface area (Å²) in [5, 5.41) is 12.8. The lowest BCUT2D eigenvalue weighted by Gasteiger charge is -2.22. The predicted octanol–water partition coefficient (Wildman–Crippen LogP) is 1.51. The smallest absolute Gasteiger partial charge is 0.115 e. The number of nitrogens with one attached hydrogen (secondary N) is 1. The van der Waals surface area contributed by atoms with E-state index in [-0.39, 0.29) is 0 Å². The third kappa shape index (κ3) is 4.21. The van der Waals surface area contributed by atoms with Crippen molar-refractivity contribution in [1.82, 2.24) is 5.32 Å². The minimum absolute atomic E-state index is 0.332. The molecule has 0 saturated heterocycles. The molecule has 3 nitrogen and oxygen atoms in total. The Balaban J connectivity index is 2.60. The van der Waals surface area contributed by atoms with Crippen LogP contribution in [0.4, 0.5) is 0 Å². The maximum atomic E-state index is 9.40. The van der Waals surface area contributed by atoms with E-state index in [1.807, 2.05) is 18.2 Å². The second-order valence-electron chi connectivity index (χ2n) is 4.47. The lowest BCUT2D eigenvalue weighted by Crippen LogP contribution is -2.38. The second-order valence-corrected chi connectivity index (χ2v) is 4.47. The monoisotopic (exact) mass is 222 g/mol. The molecule has 0 aliphatic carbocycles. The highest BCUT2D eigenvalue weighted by atomic mass is 16.3. The number of rotatable bonds is 6. The van der Waals surface area contributed by atoms with Crippen molar-refractivity contribution in [3.05, 3.63) is 29.8 Å². The first kappa shape index (κ1) is 13.0. The van der Waals surface area contributed by atoms with E-state index in [0.29, 0.717) is 24.3 Å². The van der Waals surface area contributed by atoms with Crippen molar-refractivity contribution in [3.63, 3.8) is 0 Å². The maximum Gasteiger partial charge on any atom is 0.115 e. The van der Waals surface area contributed by atoms with Gasteiger partial charge in [-0.15, -0.1) is 0 Å². The lowest BCUT2D eigenvalue weighted by molar-refractivity contribution is 0.400. The quantitative estimate of drug-likeness (QED) is 0.684. The molecule has 0 radical (unpaired) electrons. The first-order valence-electron chi connectivity index (χ1n) is 5.85. The second kappa shape index (κ2) is 6.51. The van der Waals surface area contributed by atoms with Gasteiger partial charge in [-0.05, 0) is 30.0 Å². The van der Waals surface area contributed by atoms with E-state index in [4.69, 9.17) is 5.73 Å². The van der Waals surface area contributed by atoms with Crippen molar-refractivity contribution in [2.45, 2.75) is 26.3 Å². The molecular formula is C13H22N2O. The van der Waals surface area contributed by atoms with Gasteiger partial charge in [-0.25, -0.2) is 0 Å². The Morgan fingerprint density at radius 3 is 2.69 bits per heavy atom. The van der Waals surface area contributed by atoms with Crippen LogP contribution in [0.2, 0.25) is 0 Å². The Kier molecular flexibility index (Phi) is 5.29. The Bertz CT molecular complexity index is 313. The third-order valence-electron chi connectivity index (χ3n) is 2.72. The normalized spacial score (nSPS) is 13.0. The Morgan fingerprint density at radius 1 is 1.38 bits per heavy atom. The molecule has 1 unspecified atom stereocenters. The van der Waals surface area contributed by atoms with Crippen LogP contribution in [0.3, 0.4) is 0 Å². The minimum Gasteiger partial charge on any atom is -0.508 e. The summed E-state index contributed by atoms with van der Waals surface area (Å²) in [4.78, 5) is 0. The van der Waals surface area contributed by atoms with Crippen LogP contribution < -0.4 is 11.1 Å². The summed E-state index contributed by atoms with van der Waals surface area (Å²) in [5.74, 6) is 0.882. The maximum absolute atomic E-state index is 9.40. The van der Waals surface area contributed by atoms with E-state index < -0.39 is 0 Å². The van der Waals surface area contributed by atoms with Gasteiger partial charge in [0.15, 0.2) is 0 Å². The SMILES string of the molecule is CC(C)C(Cc1cccc(O)c1)NCCN. The van der Waals surface area contributed by atoms with Crippen LogP contribution in [-0.2, 0) is 6.42 Å². The van der Waals surface area contributed by atoms with Crippen LogP contribution in [-0.4, -0.2) is 24.2 Å². The zero-order valence-electron chi connectivity index (χ0n) is 10.1. The molecule has 4 N–H and O–H groups in total. The average molecular weight is 222 g/mol. The fraction of sp³-hybridized carbons (Fsp3) is 0.538. The molecule has 1 aromatic carbocycles. The van der Waals surface area contributed by atoms with Gasteiger partial charge in [0.25, 0.3) is 0 Å². The molecule has 90 valence electrons. The van der Waals surface area contributed by atoms with Gasteiger partial charge in [-0.1, -0.05) is 26.0 Å². The summed E-state index contributed by atoms with van der Waals surface area (Å²) in [6.07, 6.45) is 0.923. The molecular weight excluding hydrogens is 200 g/mol. The summed E-state index contributed by atoms with van der Waals surface area (Å²) >= 11 is 0. The number of phenolic OH excluding ortho intramolecular Hbond substituents is 1. The Morgan fingerprint density at radius 2 is 2.12 bits per heavy atom. The molecule has 0 aliphatic heterocycles. The molecule has 0 aromatic heterocycles. The van der Waals surface area contributed by atoms with Gasteiger partial charge in [0.05, 0.1) is 0 Å². The van der Waals surface area contributed by atoms with Gasteiger partial charge in [0.2, 0.25) is 0 Å². The van der Waals surface area contributed by atoms with Crippen molar-refractivity contribution >= 4 is 0 Å². The molecule has 0 aliphatic rings. The van der Waals surface area contributed by atoms with E-state index in [1.54, 1.807) is 6.07 Å². The Labute approximate surface area is 97.7 Å². The van der Waals surface area contributed by atoms with Crippen molar-refractivity contribution < 1.29 is 5.11 Å². The molecule has 16 heavy (non-hydrogen) atoms. The van der Waals surface area contributed by atoms with E-state index in [2.05, 4.69) is 19.2 Å². The number of benzene rings is 1. The summed E-state index contributed by atoms with van der Waals surface area (Å²) < 4.78 is 0. The van der Waals surface area contributed by atoms with Crippen LogP contribution in [0, 0.1) is 5.92 Å². The molecule has 3 heteroatoms. The third-order valence-corrected chi connectivity index (χ3v) is 2.72. The largest absolute Gasteiger partial charge is 0.508 e. The van der Waals surface area contributed by atoms with E-state index in [9.17, 15) is 5.11 Å². The fourth-order valence-electron chi connectivity index (χ4n) is 1.75. The molecule has 0 heterocycles. The summed E-state index contributed by atoms with van der Waals surface area (Å²) in [5.41, 5.74) is 6.65. The molecule has 0 spiro atoms. The molecule has 1 aromatic rings. The zero-order valence-corrected chi connectivity index (χ0v) is 10.1. The summed E-state index contributed by atoms with van der Waals surface area (Å²) in [7, 11) is 0. The van der Waals surface area contributed by atoms with Gasteiger partial charge in [-0.2, -0.15) is 0 Å².